The Hall–Kier alpha value is -3.67. The molecule has 2 heterocycles. The molecule has 0 bridgehead atoms. The lowest BCUT2D eigenvalue weighted by molar-refractivity contribution is 0.102. The molecule has 0 saturated heterocycles. The van der Waals surface area contributed by atoms with Crippen LogP contribution >= 0.6 is 0 Å². The van der Waals surface area contributed by atoms with Gasteiger partial charge in [0, 0.05) is 41.1 Å². The van der Waals surface area contributed by atoms with E-state index in [-0.39, 0.29) is 11.7 Å². The Kier molecular flexibility index (Phi) is 5.01. The first kappa shape index (κ1) is 17.7. The number of nitrogens with one attached hydrogen (secondary N) is 3. The number of halogens is 1. The molecule has 0 fully saturated rings. The average molecular weight is 374 g/mol. The van der Waals surface area contributed by atoms with Crippen LogP contribution in [0.25, 0.3) is 10.9 Å². The Morgan fingerprint density at radius 1 is 1.07 bits per heavy atom. The van der Waals surface area contributed by atoms with Gasteiger partial charge in [0.15, 0.2) is 0 Å². The third kappa shape index (κ3) is 4.01. The van der Waals surface area contributed by atoms with E-state index in [1.807, 2.05) is 18.3 Å². The zero-order valence-corrected chi connectivity index (χ0v) is 15.1. The number of hydrogen-bond acceptors (Lipinski definition) is 3. The Labute approximate surface area is 161 Å². The SMILES string of the molecule is O=C(Nc1ccc(F)cc1)c1ccnc(NCCc2c[nH]c3ccccc23)c1. The molecule has 28 heavy (non-hydrogen) atoms. The summed E-state index contributed by atoms with van der Waals surface area (Å²) >= 11 is 0. The van der Waals surface area contributed by atoms with Crippen LogP contribution in [0.15, 0.2) is 73.1 Å². The fourth-order valence-corrected chi connectivity index (χ4v) is 3.07. The Morgan fingerprint density at radius 2 is 1.89 bits per heavy atom. The topological polar surface area (TPSA) is 69.8 Å². The zero-order valence-electron chi connectivity index (χ0n) is 15.1. The number of carbonyl (C=O) groups excluding carboxylic acids is 1. The van der Waals surface area contributed by atoms with Crippen molar-refractivity contribution in [1.29, 1.82) is 0 Å². The van der Waals surface area contributed by atoms with E-state index in [4.69, 9.17) is 0 Å². The molecule has 0 spiro atoms. The number of pyridine rings is 1. The Morgan fingerprint density at radius 3 is 2.75 bits per heavy atom. The molecule has 6 heteroatoms. The van der Waals surface area contributed by atoms with Gasteiger partial charge in [-0.25, -0.2) is 9.37 Å². The maximum absolute atomic E-state index is 13.0. The van der Waals surface area contributed by atoms with Gasteiger partial charge in [-0.05, 0) is 54.4 Å². The summed E-state index contributed by atoms with van der Waals surface area (Å²) in [5, 5.41) is 7.22. The Bertz CT molecular complexity index is 1100. The molecule has 4 aromatic rings. The van der Waals surface area contributed by atoms with Crippen LogP contribution in [0.4, 0.5) is 15.9 Å². The van der Waals surface area contributed by atoms with Gasteiger partial charge in [0.2, 0.25) is 0 Å². The van der Waals surface area contributed by atoms with Gasteiger partial charge in [0.25, 0.3) is 5.91 Å². The molecule has 0 atom stereocenters. The van der Waals surface area contributed by atoms with E-state index in [2.05, 4.69) is 32.7 Å². The van der Waals surface area contributed by atoms with Gasteiger partial charge in [0.1, 0.15) is 11.6 Å². The smallest absolute Gasteiger partial charge is 0.255 e. The minimum absolute atomic E-state index is 0.270. The van der Waals surface area contributed by atoms with Crippen LogP contribution in [0.5, 0.6) is 0 Å². The van der Waals surface area contributed by atoms with Crippen molar-refractivity contribution < 1.29 is 9.18 Å². The molecule has 0 saturated carbocycles. The molecule has 2 aromatic heterocycles. The molecule has 0 aliphatic heterocycles. The van der Waals surface area contributed by atoms with E-state index in [1.165, 1.54) is 35.2 Å². The number of carbonyl (C=O) groups is 1. The van der Waals surface area contributed by atoms with Gasteiger partial charge < -0.3 is 15.6 Å². The Balaban J connectivity index is 1.38. The monoisotopic (exact) mass is 374 g/mol. The number of benzene rings is 2. The number of aromatic nitrogens is 2. The van der Waals surface area contributed by atoms with E-state index in [0.717, 1.165) is 11.9 Å². The van der Waals surface area contributed by atoms with Crippen molar-refractivity contribution in [1.82, 2.24) is 9.97 Å². The fraction of sp³-hybridized carbons (Fsp3) is 0.0909. The van der Waals surface area contributed by atoms with Crippen molar-refractivity contribution >= 4 is 28.3 Å². The number of nitrogens with zero attached hydrogens (tertiary/aromatic N) is 1. The van der Waals surface area contributed by atoms with Crippen LogP contribution < -0.4 is 10.6 Å². The van der Waals surface area contributed by atoms with Crippen LogP contribution in [0.3, 0.4) is 0 Å². The predicted octanol–water partition coefficient (Wildman–Crippen LogP) is 4.61. The standard InChI is InChI=1S/C22H19FN4O/c23-17-5-7-18(8-6-17)27-22(28)15-9-11-24-21(13-15)25-12-10-16-14-26-20-4-2-1-3-19(16)20/h1-9,11,13-14,26H,10,12H2,(H,24,25)(H,27,28). The highest BCUT2D eigenvalue weighted by Crippen LogP contribution is 2.18. The van der Waals surface area contributed by atoms with Crippen molar-refractivity contribution in [3.8, 4) is 0 Å². The summed E-state index contributed by atoms with van der Waals surface area (Å²) in [5.41, 5.74) is 3.37. The summed E-state index contributed by atoms with van der Waals surface area (Å²) in [6, 6.07) is 17.2. The number of amides is 1. The third-order valence-electron chi connectivity index (χ3n) is 4.50. The second-order valence-electron chi connectivity index (χ2n) is 6.43. The second kappa shape index (κ2) is 7.92. The van der Waals surface area contributed by atoms with Crippen molar-refractivity contribution in [2.75, 3.05) is 17.2 Å². The summed E-state index contributed by atoms with van der Waals surface area (Å²) in [4.78, 5) is 19.9. The van der Waals surface area contributed by atoms with Crippen molar-refractivity contribution in [3.63, 3.8) is 0 Å². The van der Waals surface area contributed by atoms with E-state index in [9.17, 15) is 9.18 Å². The summed E-state index contributed by atoms with van der Waals surface area (Å²) in [6.07, 6.45) is 4.44. The molecule has 0 radical (unpaired) electrons. The lowest BCUT2D eigenvalue weighted by Gasteiger charge is -2.08. The molecule has 3 N–H and O–H groups in total. The molecule has 1 amide bonds. The van der Waals surface area contributed by atoms with E-state index in [1.54, 1.807) is 18.3 Å². The lowest BCUT2D eigenvalue weighted by atomic mass is 10.1. The normalized spacial score (nSPS) is 10.8. The zero-order chi connectivity index (χ0) is 19.3. The molecule has 5 nitrogen and oxygen atoms in total. The maximum atomic E-state index is 13.0. The first-order valence-electron chi connectivity index (χ1n) is 9.01. The van der Waals surface area contributed by atoms with Crippen LogP contribution in [-0.2, 0) is 6.42 Å². The minimum atomic E-state index is -0.344. The second-order valence-corrected chi connectivity index (χ2v) is 6.43. The first-order chi connectivity index (χ1) is 13.7. The molecular weight excluding hydrogens is 355 g/mol. The average Bonchev–Trinajstić information content (AvgIpc) is 3.13. The molecule has 2 aromatic carbocycles. The van der Waals surface area contributed by atoms with Gasteiger partial charge in [0.05, 0.1) is 0 Å². The van der Waals surface area contributed by atoms with Crippen molar-refractivity contribution in [3.05, 3.63) is 90.0 Å². The number of H-pyrrole nitrogens is 1. The fourth-order valence-electron chi connectivity index (χ4n) is 3.07. The summed E-state index contributed by atoms with van der Waals surface area (Å²) < 4.78 is 13.0. The van der Waals surface area contributed by atoms with Gasteiger partial charge in [-0.1, -0.05) is 18.2 Å². The first-order valence-corrected chi connectivity index (χ1v) is 9.01. The highest BCUT2D eigenvalue weighted by molar-refractivity contribution is 6.04. The van der Waals surface area contributed by atoms with Crippen LogP contribution in [-0.4, -0.2) is 22.4 Å². The number of hydrogen-bond donors (Lipinski definition) is 3. The number of para-hydroxylation sites is 1. The molecule has 140 valence electrons. The van der Waals surface area contributed by atoms with Crippen molar-refractivity contribution in [2.45, 2.75) is 6.42 Å². The number of fused-ring (bicyclic) bond motifs is 1. The van der Waals surface area contributed by atoms with Gasteiger partial charge in [-0.3, -0.25) is 4.79 Å². The van der Waals surface area contributed by atoms with Gasteiger partial charge >= 0.3 is 0 Å². The lowest BCUT2D eigenvalue weighted by Crippen LogP contribution is -2.13. The maximum Gasteiger partial charge on any atom is 0.255 e. The molecule has 0 aliphatic carbocycles. The summed E-state index contributed by atoms with van der Waals surface area (Å²) in [7, 11) is 0. The number of rotatable bonds is 6. The van der Waals surface area contributed by atoms with Crippen molar-refractivity contribution in [2.24, 2.45) is 0 Å². The highest BCUT2D eigenvalue weighted by Gasteiger charge is 2.08. The van der Waals surface area contributed by atoms with Crippen LogP contribution in [0.1, 0.15) is 15.9 Å². The largest absolute Gasteiger partial charge is 0.370 e. The quantitative estimate of drug-likeness (QED) is 0.462. The third-order valence-corrected chi connectivity index (χ3v) is 4.50. The molecule has 0 aliphatic rings. The predicted molar refractivity (Wildman–Crippen MR) is 109 cm³/mol. The van der Waals surface area contributed by atoms with Crippen LogP contribution in [0, 0.1) is 5.82 Å². The van der Waals surface area contributed by atoms with E-state index >= 15 is 0 Å². The molecule has 4 rings (SSSR count). The van der Waals surface area contributed by atoms with E-state index < -0.39 is 0 Å². The van der Waals surface area contributed by atoms with E-state index in [0.29, 0.717) is 23.6 Å². The molecule has 0 unspecified atom stereocenters. The minimum Gasteiger partial charge on any atom is -0.370 e. The summed E-state index contributed by atoms with van der Waals surface area (Å²) in [5.74, 6) is 0.0175. The van der Waals surface area contributed by atoms with Gasteiger partial charge in [-0.15, -0.1) is 0 Å². The number of anilines is 2. The highest BCUT2D eigenvalue weighted by atomic mass is 19.1. The summed E-state index contributed by atoms with van der Waals surface area (Å²) in [6.45, 7) is 0.692. The van der Waals surface area contributed by atoms with Gasteiger partial charge in [-0.2, -0.15) is 0 Å². The van der Waals surface area contributed by atoms with Crippen LogP contribution in [0.2, 0.25) is 0 Å². The number of aromatic amines is 1. The molecular formula is C22H19FN4O.